The molecule has 90 valence electrons. The molecular weight excluding hydrogens is 287 g/mol. The van der Waals surface area contributed by atoms with E-state index in [0.717, 1.165) is 5.56 Å². The van der Waals surface area contributed by atoms with Crippen LogP contribution in [0.4, 0.5) is 4.39 Å². The number of benzene rings is 1. The van der Waals surface area contributed by atoms with Gasteiger partial charge in [-0.2, -0.15) is 0 Å². The molecular formula is C13H12BrFO2. The highest BCUT2D eigenvalue weighted by Crippen LogP contribution is 2.30. The van der Waals surface area contributed by atoms with Gasteiger partial charge in [0.25, 0.3) is 0 Å². The molecule has 2 rings (SSSR count). The highest BCUT2D eigenvalue weighted by molar-refractivity contribution is 9.10. The molecule has 0 aliphatic carbocycles. The van der Waals surface area contributed by atoms with E-state index in [4.69, 9.17) is 4.42 Å². The molecule has 0 spiro atoms. The summed E-state index contributed by atoms with van der Waals surface area (Å²) in [6.45, 7) is 1.68. The number of hydrogen-bond donors (Lipinski definition) is 1. The molecule has 2 nitrogen and oxygen atoms in total. The van der Waals surface area contributed by atoms with E-state index in [9.17, 15) is 9.50 Å². The third kappa shape index (κ3) is 2.58. The highest BCUT2D eigenvalue weighted by atomic mass is 79.9. The standard InChI is InChI=1S/C13H12BrFO2/c1-13(16,10-5-6-17-8-10)7-9-3-2-4-11(15)12(9)14/h2-6,8,16H,7H2,1H3. The zero-order valence-corrected chi connectivity index (χ0v) is 10.9. The van der Waals surface area contributed by atoms with E-state index >= 15 is 0 Å². The van der Waals surface area contributed by atoms with Crippen molar-refractivity contribution in [2.24, 2.45) is 0 Å². The fraction of sp³-hybridized carbons (Fsp3) is 0.231. The zero-order valence-electron chi connectivity index (χ0n) is 9.28. The summed E-state index contributed by atoms with van der Waals surface area (Å²) in [5.74, 6) is -0.328. The minimum absolute atomic E-state index is 0.310. The van der Waals surface area contributed by atoms with Crippen LogP contribution < -0.4 is 0 Å². The summed E-state index contributed by atoms with van der Waals surface area (Å²) in [7, 11) is 0. The zero-order chi connectivity index (χ0) is 12.5. The monoisotopic (exact) mass is 298 g/mol. The average molecular weight is 299 g/mol. The molecule has 0 saturated heterocycles. The lowest BCUT2D eigenvalue weighted by atomic mass is 9.91. The van der Waals surface area contributed by atoms with Crippen molar-refractivity contribution in [1.29, 1.82) is 0 Å². The highest BCUT2D eigenvalue weighted by Gasteiger charge is 2.26. The van der Waals surface area contributed by atoms with E-state index in [2.05, 4.69) is 15.9 Å². The van der Waals surface area contributed by atoms with Crippen molar-refractivity contribution >= 4 is 15.9 Å². The number of furan rings is 1. The maximum absolute atomic E-state index is 13.3. The Hall–Kier alpha value is -1.13. The Labute approximate surface area is 107 Å². The van der Waals surface area contributed by atoms with Gasteiger partial charge in [-0.25, -0.2) is 4.39 Å². The quantitative estimate of drug-likeness (QED) is 0.939. The van der Waals surface area contributed by atoms with Crippen molar-refractivity contribution in [2.45, 2.75) is 18.9 Å². The Balaban J connectivity index is 2.29. The molecule has 1 unspecified atom stereocenters. The second kappa shape index (κ2) is 4.63. The Morgan fingerprint density at radius 1 is 1.41 bits per heavy atom. The molecule has 1 N–H and O–H groups in total. The van der Waals surface area contributed by atoms with Gasteiger partial charge in [0.15, 0.2) is 0 Å². The summed E-state index contributed by atoms with van der Waals surface area (Å²) < 4.78 is 18.7. The van der Waals surface area contributed by atoms with Gasteiger partial charge in [0.05, 0.1) is 22.6 Å². The fourth-order valence-corrected chi connectivity index (χ4v) is 2.13. The molecule has 0 fully saturated rings. The second-order valence-electron chi connectivity index (χ2n) is 4.18. The predicted molar refractivity (Wildman–Crippen MR) is 66.1 cm³/mol. The lowest BCUT2D eigenvalue weighted by Crippen LogP contribution is -2.23. The second-order valence-corrected chi connectivity index (χ2v) is 4.97. The molecule has 0 aliphatic rings. The molecule has 2 aromatic rings. The first-order chi connectivity index (χ1) is 8.00. The first kappa shape index (κ1) is 12.3. The van der Waals surface area contributed by atoms with Crippen LogP contribution in [0.3, 0.4) is 0 Å². The smallest absolute Gasteiger partial charge is 0.137 e. The fourth-order valence-electron chi connectivity index (χ4n) is 1.73. The molecule has 4 heteroatoms. The molecule has 1 aromatic carbocycles. The van der Waals surface area contributed by atoms with E-state index in [1.54, 1.807) is 25.1 Å². The maximum atomic E-state index is 13.3. The van der Waals surface area contributed by atoms with Gasteiger partial charge in [-0.1, -0.05) is 12.1 Å². The summed E-state index contributed by atoms with van der Waals surface area (Å²) >= 11 is 3.19. The molecule has 1 aromatic heterocycles. The van der Waals surface area contributed by atoms with E-state index in [0.29, 0.717) is 16.5 Å². The van der Waals surface area contributed by atoms with Crippen molar-refractivity contribution < 1.29 is 13.9 Å². The van der Waals surface area contributed by atoms with Gasteiger partial charge < -0.3 is 9.52 Å². The first-order valence-electron chi connectivity index (χ1n) is 5.18. The van der Waals surface area contributed by atoms with Gasteiger partial charge in [-0.3, -0.25) is 0 Å². The van der Waals surface area contributed by atoms with Crippen molar-refractivity contribution in [3.63, 3.8) is 0 Å². The molecule has 0 saturated carbocycles. The van der Waals surface area contributed by atoms with E-state index in [1.807, 2.05) is 0 Å². The van der Waals surface area contributed by atoms with Crippen LogP contribution in [0.5, 0.6) is 0 Å². The Bertz CT molecular complexity index is 506. The van der Waals surface area contributed by atoms with Crippen LogP contribution in [0, 0.1) is 5.82 Å². The lowest BCUT2D eigenvalue weighted by molar-refractivity contribution is 0.0567. The van der Waals surface area contributed by atoms with Crippen LogP contribution in [0.15, 0.2) is 45.7 Å². The third-order valence-corrected chi connectivity index (χ3v) is 3.60. The summed E-state index contributed by atoms with van der Waals surface area (Å²) in [5, 5.41) is 10.3. The molecule has 0 bridgehead atoms. The predicted octanol–water partition coefficient (Wildman–Crippen LogP) is 3.63. The molecule has 1 heterocycles. The maximum Gasteiger partial charge on any atom is 0.137 e. The van der Waals surface area contributed by atoms with E-state index in [-0.39, 0.29) is 5.82 Å². The van der Waals surface area contributed by atoms with Crippen LogP contribution in [-0.4, -0.2) is 5.11 Å². The Kier molecular flexibility index (Phi) is 3.35. The molecule has 0 amide bonds. The number of aliphatic hydroxyl groups is 1. The van der Waals surface area contributed by atoms with Crippen LogP contribution in [-0.2, 0) is 12.0 Å². The minimum Gasteiger partial charge on any atom is -0.472 e. The van der Waals surface area contributed by atoms with Crippen LogP contribution in [0.2, 0.25) is 0 Å². The number of halogens is 2. The third-order valence-electron chi connectivity index (χ3n) is 2.71. The molecule has 1 atom stereocenters. The lowest BCUT2D eigenvalue weighted by Gasteiger charge is -2.22. The average Bonchev–Trinajstić information content (AvgIpc) is 2.78. The number of hydrogen-bond acceptors (Lipinski definition) is 2. The van der Waals surface area contributed by atoms with Gasteiger partial charge in [0.1, 0.15) is 5.82 Å². The van der Waals surface area contributed by atoms with Crippen molar-refractivity contribution in [1.82, 2.24) is 0 Å². The van der Waals surface area contributed by atoms with Crippen LogP contribution >= 0.6 is 15.9 Å². The van der Waals surface area contributed by atoms with Crippen LogP contribution in [0.1, 0.15) is 18.1 Å². The van der Waals surface area contributed by atoms with Crippen molar-refractivity contribution in [2.75, 3.05) is 0 Å². The van der Waals surface area contributed by atoms with Gasteiger partial charge >= 0.3 is 0 Å². The SMILES string of the molecule is CC(O)(Cc1cccc(F)c1Br)c1ccoc1. The van der Waals surface area contributed by atoms with Gasteiger partial charge in [-0.15, -0.1) is 0 Å². The van der Waals surface area contributed by atoms with E-state index < -0.39 is 5.60 Å². The first-order valence-corrected chi connectivity index (χ1v) is 5.98. The van der Waals surface area contributed by atoms with Gasteiger partial charge in [0, 0.05) is 12.0 Å². The summed E-state index contributed by atoms with van der Waals surface area (Å²) in [4.78, 5) is 0. The Morgan fingerprint density at radius 2 is 2.18 bits per heavy atom. The summed E-state index contributed by atoms with van der Waals surface area (Å²) in [5.41, 5.74) is 0.313. The van der Waals surface area contributed by atoms with Crippen molar-refractivity contribution in [3.8, 4) is 0 Å². The minimum atomic E-state index is -1.08. The van der Waals surface area contributed by atoms with Gasteiger partial charge in [0.2, 0.25) is 0 Å². The van der Waals surface area contributed by atoms with Crippen LogP contribution in [0.25, 0.3) is 0 Å². The number of rotatable bonds is 3. The summed E-state index contributed by atoms with van der Waals surface area (Å²) in [6.07, 6.45) is 3.31. The van der Waals surface area contributed by atoms with E-state index in [1.165, 1.54) is 18.6 Å². The summed E-state index contributed by atoms with van der Waals surface area (Å²) in [6, 6.07) is 6.48. The Morgan fingerprint density at radius 3 is 2.82 bits per heavy atom. The largest absolute Gasteiger partial charge is 0.472 e. The van der Waals surface area contributed by atoms with Crippen molar-refractivity contribution in [3.05, 3.63) is 58.2 Å². The molecule has 0 aliphatic heterocycles. The molecule has 0 radical (unpaired) electrons. The molecule has 17 heavy (non-hydrogen) atoms. The van der Waals surface area contributed by atoms with Gasteiger partial charge in [-0.05, 0) is 40.5 Å². The normalized spacial score (nSPS) is 14.6. The topological polar surface area (TPSA) is 33.4 Å².